The van der Waals surface area contributed by atoms with Gasteiger partial charge in [-0.1, -0.05) is 41.9 Å². The molecule has 0 spiro atoms. The Hall–Kier alpha value is -3.10. The van der Waals surface area contributed by atoms with Crippen LogP contribution in [-0.4, -0.2) is 54.5 Å². The van der Waals surface area contributed by atoms with Crippen LogP contribution in [0.5, 0.6) is 5.88 Å². The molecule has 190 valence electrons. The van der Waals surface area contributed by atoms with E-state index in [1.165, 1.54) is 0 Å². The van der Waals surface area contributed by atoms with Crippen molar-refractivity contribution in [3.63, 3.8) is 0 Å². The van der Waals surface area contributed by atoms with Crippen molar-refractivity contribution in [3.05, 3.63) is 83.7 Å². The molecule has 1 aliphatic carbocycles. The van der Waals surface area contributed by atoms with Gasteiger partial charge in [-0.3, -0.25) is 9.88 Å². The first-order valence-electron chi connectivity index (χ1n) is 12.6. The minimum absolute atomic E-state index is 0.0519. The van der Waals surface area contributed by atoms with E-state index >= 15 is 0 Å². The van der Waals surface area contributed by atoms with Gasteiger partial charge in [0.2, 0.25) is 5.88 Å². The molecule has 1 saturated heterocycles. The van der Waals surface area contributed by atoms with Gasteiger partial charge in [0.15, 0.2) is 5.15 Å². The Labute approximate surface area is 220 Å². The molecule has 1 saturated carbocycles. The lowest BCUT2D eigenvalue weighted by molar-refractivity contribution is -0.0982. The van der Waals surface area contributed by atoms with E-state index in [2.05, 4.69) is 33.6 Å². The highest BCUT2D eigenvalue weighted by atomic mass is 35.5. The Morgan fingerprint density at radius 2 is 2.00 bits per heavy atom. The lowest BCUT2D eigenvalue weighted by Crippen LogP contribution is -2.59. The summed E-state index contributed by atoms with van der Waals surface area (Å²) in [4.78, 5) is 6.98. The largest absolute Gasteiger partial charge is 0.466 e. The Bertz CT molecular complexity index is 1500. The molecule has 7 nitrogen and oxygen atoms in total. The highest BCUT2D eigenvalue weighted by Crippen LogP contribution is 2.51. The summed E-state index contributed by atoms with van der Waals surface area (Å²) in [6.45, 7) is 6.81. The van der Waals surface area contributed by atoms with E-state index in [1.807, 2.05) is 48.5 Å². The van der Waals surface area contributed by atoms with Gasteiger partial charge in [-0.2, -0.15) is 0 Å². The second kappa shape index (κ2) is 9.33. The zero-order chi connectivity index (χ0) is 25.7. The number of benzene rings is 2. The molecule has 5 atom stereocenters. The van der Waals surface area contributed by atoms with Crippen molar-refractivity contribution in [2.45, 2.75) is 50.2 Å². The van der Waals surface area contributed by atoms with Crippen molar-refractivity contribution >= 4 is 33.3 Å². The number of nitrogens with zero attached hydrogens (tertiary/aromatic N) is 4. The first-order chi connectivity index (χ1) is 17.9. The van der Waals surface area contributed by atoms with Crippen molar-refractivity contribution in [1.29, 1.82) is 0 Å². The fourth-order valence-electron chi connectivity index (χ4n) is 6.20. The molecule has 3 heterocycles. The number of aliphatic hydroxyl groups is 2. The van der Waals surface area contributed by atoms with Crippen LogP contribution in [0, 0.1) is 5.92 Å². The SMILES string of the molecule is C=C[C@]1(O)CC2[C@H]1CCN2[C@@H](C)[C@H](Oc1nnc(Cl)c2ccccc12)c1ccnc2ccc(CO)cc12. The number of rotatable bonds is 7. The van der Waals surface area contributed by atoms with Crippen LogP contribution >= 0.6 is 11.6 Å². The molecule has 37 heavy (non-hydrogen) atoms. The molecule has 0 bridgehead atoms. The van der Waals surface area contributed by atoms with Gasteiger partial charge in [0.05, 0.1) is 17.7 Å². The summed E-state index contributed by atoms with van der Waals surface area (Å²) in [5.74, 6) is 0.575. The average Bonchev–Trinajstić information content (AvgIpc) is 3.30. The molecule has 2 aromatic heterocycles. The lowest BCUT2D eigenvalue weighted by atomic mass is 9.65. The fourth-order valence-corrected chi connectivity index (χ4v) is 6.40. The molecule has 6 rings (SSSR count). The van der Waals surface area contributed by atoms with E-state index in [4.69, 9.17) is 16.3 Å². The maximum Gasteiger partial charge on any atom is 0.242 e. The standard InChI is InChI=1S/C29H29ClN4O3/c1-3-29(36)15-25-23(29)11-13-34(25)17(2)26(19-10-12-31-24-9-8-18(16-35)14-22(19)24)37-28-21-7-5-4-6-20(21)27(30)32-33-28/h3-10,12,14,17,23,25-26,35-36H,1,11,13,15-16H2,2H3/t17-,23+,25?,26-,29-/m0/s1. The van der Waals surface area contributed by atoms with Crippen LogP contribution in [0.1, 0.15) is 37.0 Å². The molecule has 2 aromatic carbocycles. The van der Waals surface area contributed by atoms with Crippen molar-refractivity contribution in [1.82, 2.24) is 20.1 Å². The maximum atomic E-state index is 10.9. The summed E-state index contributed by atoms with van der Waals surface area (Å²) in [5.41, 5.74) is 1.79. The monoisotopic (exact) mass is 516 g/mol. The molecule has 8 heteroatoms. The molecule has 4 aromatic rings. The maximum absolute atomic E-state index is 10.9. The van der Waals surface area contributed by atoms with Crippen molar-refractivity contribution in [2.24, 2.45) is 5.92 Å². The van der Waals surface area contributed by atoms with Crippen molar-refractivity contribution in [2.75, 3.05) is 6.54 Å². The van der Waals surface area contributed by atoms with Crippen LogP contribution in [0.2, 0.25) is 5.15 Å². The number of ether oxygens (including phenoxy) is 1. The molecule has 2 fully saturated rings. The molecule has 0 amide bonds. The topological polar surface area (TPSA) is 91.6 Å². The number of hydrogen-bond acceptors (Lipinski definition) is 7. The minimum atomic E-state index is -0.799. The van der Waals surface area contributed by atoms with Gasteiger partial charge in [0.25, 0.3) is 0 Å². The summed E-state index contributed by atoms with van der Waals surface area (Å²) in [6.07, 6.45) is 4.62. The first kappa shape index (κ1) is 24.2. The Kier molecular flexibility index (Phi) is 6.12. The number of aliphatic hydroxyl groups excluding tert-OH is 1. The number of hydrogen-bond donors (Lipinski definition) is 2. The van der Waals surface area contributed by atoms with Gasteiger partial charge in [-0.15, -0.1) is 16.8 Å². The Balaban J connectivity index is 1.45. The van der Waals surface area contributed by atoms with Gasteiger partial charge < -0.3 is 14.9 Å². The first-order valence-corrected chi connectivity index (χ1v) is 13.0. The summed E-state index contributed by atoms with van der Waals surface area (Å²) in [7, 11) is 0. The Morgan fingerprint density at radius 1 is 1.19 bits per heavy atom. The predicted octanol–water partition coefficient (Wildman–Crippen LogP) is 4.84. The second-order valence-corrected chi connectivity index (χ2v) is 10.5. The van der Waals surface area contributed by atoms with E-state index in [-0.39, 0.29) is 24.6 Å². The molecule has 2 N–H and O–H groups in total. The fraction of sp³-hybridized carbons (Fsp3) is 0.345. The van der Waals surface area contributed by atoms with E-state index in [1.54, 1.807) is 12.3 Å². The molecular weight excluding hydrogens is 488 g/mol. The summed E-state index contributed by atoms with van der Waals surface area (Å²) in [6, 6.07) is 15.6. The third-order valence-corrected chi connectivity index (χ3v) is 8.54. The quantitative estimate of drug-likeness (QED) is 0.339. The highest BCUT2D eigenvalue weighted by Gasteiger charge is 2.57. The second-order valence-electron chi connectivity index (χ2n) is 10.1. The van der Waals surface area contributed by atoms with Gasteiger partial charge in [0, 0.05) is 45.9 Å². The van der Waals surface area contributed by atoms with Gasteiger partial charge in [0.1, 0.15) is 6.10 Å². The molecule has 2 aliphatic rings. The summed E-state index contributed by atoms with van der Waals surface area (Å²) < 4.78 is 6.76. The zero-order valence-electron chi connectivity index (χ0n) is 20.6. The summed E-state index contributed by atoms with van der Waals surface area (Å²) in [5, 5.41) is 32.0. The van der Waals surface area contributed by atoms with Crippen molar-refractivity contribution in [3.8, 4) is 5.88 Å². The van der Waals surface area contributed by atoms with Crippen LogP contribution < -0.4 is 4.74 Å². The third kappa shape index (κ3) is 3.97. The number of likely N-dealkylation sites (tertiary alicyclic amines) is 1. The van der Waals surface area contributed by atoms with Crippen molar-refractivity contribution < 1.29 is 14.9 Å². The van der Waals surface area contributed by atoms with E-state index in [9.17, 15) is 10.2 Å². The van der Waals surface area contributed by atoms with Gasteiger partial charge in [-0.25, -0.2) is 0 Å². The highest BCUT2D eigenvalue weighted by molar-refractivity contribution is 6.34. The smallest absolute Gasteiger partial charge is 0.242 e. The van der Waals surface area contributed by atoms with Crippen LogP contribution in [0.25, 0.3) is 21.7 Å². The van der Waals surface area contributed by atoms with Crippen LogP contribution in [0.4, 0.5) is 0 Å². The van der Waals surface area contributed by atoms with E-state index in [0.29, 0.717) is 17.5 Å². The van der Waals surface area contributed by atoms with Crippen LogP contribution in [0.3, 0.4) is 0 Å². The third-order valence-electron chi connectivity index (χ3n) is 8.26. The van der Waals surface area contributed by atoms with Gasteiger partial charge in [-0.05, 0) is 56.1 Å². The normalized spacial score (nSPS) is 25.0. The van der Waals surface area contributed by atoms with Gasteiger partial charge >= 0.3 is 0 Å². The average molecular weight is 517 g/mol. The number of halogens is 1. The lowest BCUT2D eigenvalue weighted by Gasteiger charge is -2.51. The number of pyridine rings is 1. The van der Waals surface area contributed by atoms with E-state index < -0.39 is 11.7 Å². The van der Waals surface area contributed by atoms with Crippen LogP contribution in [0.15, 0.2) is 67.4 Å². The molecular formula is C29H29ClN4O3. The molecule has 1 unspecified atom stereocenters. The summed E-state index contributed by atoms with van der Waals surface area (Å²) >= 11 is 6.34. The molecule has 0 radical (unpaired) electrons. The molecule has 1 aliphatic heterocycles. The van der Waals surface area contributed by atoms with E-state index in [0.717, 1.165) is 45.8 Å². The number of fused-ring (bicyclic) bond motifs is 3. The van der Waals surface area contributed by atoms with Crippen LogP contribution in [-0.2, 0) is 6.61 Å². The predicted molar refractivity (Wildman–Crippen MR) is 143 cm³/mol. The number of aromatic nitrogens is 3. The minimum Gasteiger partial charge on any atom is -0.466 e. The zero-order valence-corrected chi connectivity index (χ0v) is 21.3. The Morgan fingerprint density at radius 3 is 2.78 bits per heavy atom.